The van der Waals surface area contributed by atoms with Crippen molar-refractivity contribution in [1.82, 2.24) is 9.80 Å². The molecule has 29 heavy (non-hydrogen) atoms. The Labute approximate surface area is 181 Å². The van der Waals surface area contributed by atoms with Crippen molar-refractivity contribution in [1.29, 1.82) is 0 Å². The van der Waals surface area contributed by atoms with Gasteiger partial charge in [0, 0.05) is 37.5 Å². The molecule has 0 atom stereocenters. The molecule has 0 bridgehead atoms. The predicted molar refractivity (Wildman–Crippen MR) is 117 cm³/mol. The van der Waals surface area contributed by atoms with E-state index in [2.05, 4.69) is 27.1 Å². The molecule has 1 aromatic heterocycles. The van der Waals surface area contributed by atoms with Crippen LogP contribution in [-0.4, -0.2) is 54.5 Å². The lowest BCUT2D eigenvalue weighted by atomic mass is 10.1. The Hall–Kier alpha value is -1.95. The summed E-state index contributed by atoms with van der Waals surface area (Å²) < 4.78 is 11.2. The molecule has 0 unspecified atom stereocenters. The van der Waals surface area contributed by atoms with Gasteiger partial charge in [-0.2, -0.15) is 0 Å². The van der Waals surface area contributed by atoms with E-state index in [4.69, 9.17) is 32.4 Å². The van der Waals surface area contributed by atoms with Crippen molar-refractivity contribution < 1.29 is 9.15 Å². The number of rotatable bonds is 7. The number of hydrogen-bond donors (Lipinski definition) is 0. The second kappa shape index (κ2) is 9.70. The summed E-state index contributed by atoms with van der Waals surface area (Å²) in [4.78, 5) is 9.40. The molecule has 0 aliphatic carbocycles. The summed E-state index contributed by atoms with van der Waals surface area (Å²) >= 11 is 12.0. The smallest absolute Gasteiger partial charge is 0.121 e. The molecule has 0 radical (unpaired) electrons. The largest absolute Gasteiger partial charge is 0.490 e. The molecule has 0 N–H and O–H groups in total. The van der Waals surface area contributed by atoms with Gasteiger partial charge in [-0.05, 0) is 50.1 Å². The number of halogens is 2. The van der Waals surface area contributed by atoms with Crippen LogP contribution < -0.4 is 4.74 Å². The summed E-state index contributed by atoms with van der Waals surface area (Å²) in [6.07, 6.45) is 11.0. The Morgan fingerprint density at radius 3 is 2.66 bits per heavy atom. The first-order valence-corrected chi connectivity index (χ1v) is 10.8. The van der Waals surface area contributed by atoms with Crippen LogP contribution in [0.1, 0.15) is 24.8 Å². The first-order chi connectivity index (χ1) is 14.2. The second-order valence-corrected chi connectivity index (χ2v) is 8.23. The number of furan rings is 1. The zero-order valence-corrected chi connectivity index (χ0v) is 17.8. The van der Waals surface area contributed by atoms with Crippen LogP contribution in [0.25, 0.3) is 0 Å². The number of piperidine rings is 1. The zero-order valence-electron chi connectivity index (χ0n) is 16.3. The SMILES string of the molecule is Clc1ccc(OC2CCN(CCCN3C=CC(c4ccoc4)=NC3)CC2)cc1Cl. The summed E-state index contributed by atoms with van der Waals surface area (Å²) in [5, 5.41) is 1.09. The van der Waals surface area contributed by atoms with Crippen LogP contribution in [0, 0.1) is 0 Å². The van der Waals surface area contributed by atoms with Crippen LogP contribution in [0.2, 0.25) is 10.0 Å². The molecule has 1 fully saturated rings. The molecular weight excluding hydrogens is 409 g/mol. The number of hydrogen-bond acceptors (Lipinski definition) is 5. The minimum absolute atomic E-state index is 0.240. The van der Waals surface area contributed by atoms with Crippen LogP contribution in [0.3, 0.4) is 0 Å². The minimum atomic E-state index is 0.240. The maximum atomic E-state index is 6.07. The third-order valence-corrected chi connectivity index (χ3v) is 6.07. The van der Waals surface area contributed by atoms with Crippen molar-refractivity contribution in [3.05, 3.63) is 64.7 Å². The highest BCUT2D eigenvalue weighted by Gasteiger charge is 2.20. The van der Waals surface area contributed by atoms with Crippen molar-refractivity contribution >= 4 is 28.9 Å². The monoisotopic (exact) mass is 433 g/mol. The second-order valence-electron chi connectivity index (χ2n) is 7.41. The Bertz CT molecular complexity index is 859. The average Bonchev–Trinajstić information content (AvgIpc) is 3.28. The Balaban J connectivity index is 1.14. The van der Waals surface area contributed by atoms with Crippen LogP contribution in [-0.2, 0) is 0 Å². The first kappa shape index (κ1) is 20.3. The van der Waals surface area contributed by atoms with Gasteiger partial charge in [-0.25, -0.2) is 0 Å². The fourth-order valence-corrected chi connectivity index (χ4v) is 3.96. The lowest BCUT2D eigenvalue weighted by Crippen LogP contribution is -2.39. The van der Waals surface area contributed by atoms with Crippen molar-refractivity contribution in [2.45, 2.75) is 25.4 Å². The maximum Gasteiger partial charge on any atom is 0.121 e. The first-order valence-electron chi connectivity index (χ1n) is 10.0. The van der Waals surface area contributed by atoms with E-state index in [1.165, 1.54) is 0 Å². The van der Waals surface area contributed by atoms with Gasteiger partial charge in [0.05, 0.1) is 28.3 Å². The van der Waals surface area contributed by atoms with Gasteiger partial charge in [0.15, 0.2) is 0 Å². The third-order valence-electron chi connectivity index (χ3n) is 5.33. The molecule has 3 heterocycles. The van der Waals surface area contributed by atoms with Crippen molar-refractivity contribution in [2.24, 2.45) is 4.99 Å². The number of nitrogens with zero attached hydrogens (tertiary/aromatic N) is 3. The number of likely N-dealkylation sites (tertiary alicyclic amines) is 1. The molecule has 0 amide bonds. The van der Waals surface area contributed by atoms with Gasteiger partial charge in [-0.1, -0.05) is 23.2 Å². The van der Waals surface area contributed by atoms with E-state index >= 15 is 0 Å². The fraction of sp³-hybridized carbons (Fsp3) is 0.409. The molecule has 1 aromatic carbocycles. The Kier molecular flexibility index (Phi) is 6.80. The number of allylic oxidation sites excluding steroid dienone is 1. The van der Waals surface area contributed by atoms with E-state index in [0.717, 1.165) is 62.5 Å². The molecule has 7 heteroatoms. The predicted octanol–water partition coefficient (Wildman–Crippen LogP) is 5.10. The van der Waals surface area contributed by atoms with E-state index in [-0.39, 0.29) is 6.10 Å². The molecule has 2 aliphatic heterocycles. The van der Waals surface area contributed by atoms with Gasteiger partial charge in [0.2, 0.25) is 0 Å². The highest BCUT2D eigenvalue weighted by atomic mass is 35.5. The van der Waals surface area contributed by atoms with Gasteiger partial charge < -0.3 is 19.0 Å². The lowest BCUT2D eigenvalue weighted by molar-refractivity contribution is 0.0986. The van der Waals surface area contributed by atoms with Gasteiger partial charge in [0.1, 0.15) is 18.5 Å². The maximum absolute atomic E-state index is 6.07. The molecule has 0 saturated carbocycles. The lowest BCUT2D eigenvalue weighted by Gasteiger charge is -2.32. The highest BCUT2D eigenvalue weighted by molar-refractivity contribution is 6.42. The Morgan fingerprint density at radius 1 is 1.10 bits per heavy atom. The minimum Gasteiger partial charge on any atom is -0.490 e. The normalized spacial score (nSPS) is 18.1. The van der Waals surface area contributed by atoms with Crippen LogP contribution in [0.5, 0.6) is 5.75 Å². The van der Waals surface area contributed by atoms with Crippen LogP contribution in [0.4, 0.5) is 0 Å². The summed E-state index contributed by atoms with van der Waals surface area (Å²) in [7, 11) is 0. The average molecular weight is 434 g/mol. The molecule has 154 valence electrons. The summed E-state index contributed by atoms with van der Waals surface area (Å²) in [5.74, 6) is 0.796. The van der Waals surface area contributed by atoms with E-state index in [1.807, 2.05) is 12.1 Å². The third kappa shape index (κ3) is 5.56. The molecule has 4 rings (SSSR count). The molecular formula is C22H25Cl2N3O2. The fourth-order valence-electron chi connectivity index (χ4n) is 3.68. The molecule has 0 spiro atoms. The van der Waals surface area contributed by atoms with Gasteiger partial charge >= 0.3 is 0 Å². The molecule has 2 aromatic rings. The number of benzene rings is 1. The van der Waals surface area contributed by atoms with E-state index in [9.17, 15) is 0 Å². The topological polar surface area (TPSA) is 41.2 Å². The molecule has 1 saturated heterocycles. The van der Waals surface area contributed by atoms with E-state index in [1.54, 1.807) is 24.7 Å². The van der Waals surface area contributed by atoms with Crippen molar-refractivity contribution in [2.75, 3.05) is 32.8 Å². The molecule has 2 aliphatic rings. The van der Waals surface area contributed by atoms with Crippen molar-refractivity contribution in [3.8, 4) is 5.75 Å². The van der Waals surface area contributed by atoms with Gasteiger partial charge in [-0.15, -0.1) is 0 Å². The van der Waals surface area contributed by atoms with Crippen LogP contribution in [0.15, 0.2) is 58.5 Å². The summed E-state index contributed by atoms with van der Waals surface area (Å²) in [5.41, 5.74) is 2.02. The summed E-state index contributed by atoms with van der Waals surface area (Å²) in [6.45, 7) is 4.94. The van der Waals surface area contributed by atoms with E-state index < -0.39 is 0 Å². The summed E-state index contributed by atoms with van der Waals surface area (Å²) in [6, 6.07) is 7.40. The van der Waals surface area contributed by atoms with Crippen molar-refractivity contribution in [3.63, 3.8) is 0 Å². The quantitative estimate of drug-likeness (QED) is 0.609. The van der Waals surface area contributed by atoms with Gasteiger partial charge in [-0.3, -0.25) is 4.99 Å². The number of ether oxygens (including phenoxy) is 1. The Morgan fingerprint density at radius 2 is 1.97 bits per heavy atom. The van der Waals surface area contributed by atoms with Gasteiger partial charge in [0.25, 0.3) is 0 Å². The molecule has 5 nitrogen and oxygen atoms in total. The standard InChI is InChI=1S/C22H25Cl2N3O2/c23-20-3-2-19(14-21(20)24)29-18-4-10-26(11-5-18)8-1-9-27-12-6-22(25-16-27)17-7-13-28-15-17/h2-3,6-7,12-15,18H,1,4-5,8-11,16H2. The van der Waals surface area contributed by atoms with E-state index in [0.29, 0.717) is 16.7 Å². The number of aliphatic imine (C=N–C) groups is 1. The zero-order chi connectivity index (χ0) is 20.1. The van der Waals surface area contributed by atoms with Crippen LogP contribution >= 0.6 is 23.2 Å². The highest BCUT2D eigenvalue weighted by Crippen LogP contribution is 2.28.